The highest BCUT2D eigenvalue weighted by Crippen LogP contribution is 2.62. The van der Waals surface area contributed by atoms with Gasteiger partial charge in [0.1, 0.15) is 11.5 Å². The monoisotopic (exact) mass is 731 g/mol. The van der Waals surface area contributed by atoms with Gasteiger partial charge in [-0.05, 0) is 81.3 Å². The molecule has 4 heterocycles. The van der Waals surface area contributed by atoms with Crippen molar-refractivity contribution in [2.75, 3.05) is 27.2 Å². The molecule has 8 heteroatoms. The van der Waals surface area contributed by atoms with Crippen LogP contribution < -0.4 is 14.4 Å². The van der Waals surface area contributed by atoms with Crippen LogP contribution in [0.1, 0.15) is 116 Å². The van der Waals surface area contributed by atoms with Gasteiger partial charge in [0.15, 0.2) is 23.8 Å². The van der Waals surface area contributed by atoms with Gasteiger partial charge in [-0.1, -0.05) is 68.8 Å². The maximum Gasteiger partial charge on any atom is 0.174 e. The number of ether oxygens (including phenoxy) is 2. The predicted molar refractivity (Wildman–Crippen MR) is 220 cm³/mol. The summed E-state index contributed by atoms with van der Waals surface area (Å²) < 4.78 is 12.6. The summed E-state index contributed by atoms with van der Waals surface area (Å²) in [5.41, 5.74) is 8.11. The normalized spacial score (nSPS) is 34.6. The summed E-state index contributed by atoms with van der Waals surface area (Å²) in [4.78, 5) is 29.3. The highest BCUT2D eigenvalue weighted by Gasteiger charge is 2.67. The minimum Gasteiger partial charge on any atom is -0.481 e. The number of likely N-dealkylation sites (N-methyl/N-ethyl adjacent to an activating group) is 2. The van der Waals surface area contributed by atoms with Crippen molar-refractivity contribution in [2.24, 2.45) is 11.8 Å². The first kappa shape index (κ1) is 46.0. The molecule has 6 nitrogen and oxygen atoms in total. The van der Waals surface area contributed by atoms with Gasteiger partial charge in [0.2, 0.25) is 0 Å². The first-order valence-electron chi connectivity index (χ1n) is 16.4. The number of nitrogens with one attached hydrogen (secondary N) is 1. The zero-order valence-corrected chi connectivity index (χ0v) is 28.4. The third kappa shape index (κ3) is 5.51. The molecule has 0 aromatic heterocycles. The van der Waals surface area contributed by atoms with Crippen molar-refractivity contribution in [3.8, 4) is 11.5 Å². The fourth-order valence-electron chi connectivity index (χ4n) is 11.5. The number of rotatable bonds is 0. The molecule has 2 saturated heterocycles. The van der Waals surface area contributed by atoms with E-state index in [4.69, 9.17) is 9.47 Å². The Bertz CT molecular complexity index is 1460. The largest absolute Gasteiger partial charge is 0.481 e. The van der Waals surface area contributed by atoms with E-state index in [0.717, 1.165) is 56.6 Å². The molecule has 0 amide bonds. The second-order valence-electron chi connectivity index (χ2n) is 14.9. The van der Waals surface area contributed by atoms with Gasteiger partial charge in [-0.2, -0.15) is 27.0 Å². The molecule has 0 radical (unpaired) electrons. The van der Waals surface area contributed by atoms with Crippen LogP contribution in [0, 0.1) is 25.7 Å². The Morgan fingerprint density at radius 1 is 0.720 bits per heavy atom. The molecule has 2 saturated carbocycles. The number of hydrogen-bond acceptors (Lipinski definition) is 5. The minimum absolute atomic E-state index is 0. The molecular weight excluding hydrogens is 661 g/mol. The van der Waals surface area contributed by atoms with E-state index in [0.29, 0.717) is 48.3 Å². The average Bonchev–Trinajstić information content (AvgIpc) is 3.52. The average molecular weight is 732 g/mol. The van der Waals surface area contributed by atoms with E-state index in [1.54, 1.807) is 4.90 Å². The number of carbonyl (C=O) groups excluding carboxylic acids is 2. The summed E-state index contributed by atoms with van der Waals surface area (Å²) in [6, 6.07) is 10.2. The zero-order valence-electron chi connectivity index (χ0n) is 26.4. The lowest BCUT2D eigenvalue weighted by atomic mass is 9.51. The van der Waals surface area contributed by atoms with E-state index in [2.05, 4.69) is 57.1 Å². The Morgan fingerprint density at radius 2 is 1.20 bits per heavy atom. The van der Waals surface area contributed by atoms with Crippen LogP contribution in [0.5, 0.6) is 11.5 Å². The van der Waals surface area contributed by atoms with Crippen molar-refractivity contribution in [2.45, 2.75) is 145 Å². The molecule has 4 bridgehead atoms. The fraction of sp³-hybridized carbons (Fsp3) is 0.667. The Labute approximate surface area is 319 Å². The molecule has 284 valence electrons. The lowest BCUT2D eigenvalue weighted by Gasteiger charge is -2.57. The Balaban J connectivity index is 0.000000431. The second-order valence-corrected chi connectivity index (χ2v) is 14.9. The fourth-order valence-corrected chi connectivity index (χ4v) is 11.5. The predicted octanol–water partition coefficient (Wildman–Crippen LogP) is 7.09. The van der Waals surface area contributed by atoms with Gasteiger partial charge in [-0.15, -0.1) is 0 Å². The molecule has 2 aromatic carbocycles. The number of benzene rings is 2. The molecule has 4 aliphatic carbocycles. The standard InChI is InChI=1S/2C18H21NO2.6CH4.2H2S/c2*1-10-3-4-11-9-13-12-5-6-14(20)17-18(12,7-8-19(13)2)15(11)16(10)21-17;;;;;;;;/h2*3-4,12-13,17H,5-9H2,1-2H3;6*1H4;2*1H2/p+1/t2*12-,13+,17-,18-;;;;;;;;/m00......../s1. The van der Waals surface area contributed by atoms with Crippen LogP contribution in [-0.2, 0) is 33.3 Å². The SMILES string of the molecule is C.C.C.C.C.C.Cc1ccc2c3c1O[C@H]1C(=O)CC[C@H]4[C@@H](C2)N(C)CC[C@]314.Cc1ccc2c3c1O[C@H]1C(=O)CC[C@H]4[C@@H](C2)[NH+](C)CC[C@]314.S.S. The van der Waals surface area contributed by atoms with Crippen molar-refractivity contribution in [3.05, 3.63) is 57.6 Å². The van der Waals surface area contributed by atoms with E-state index in [9.17, 15) is 9.59 Å². The van der Waals surface area contributed by atoms with E-state index in [1.807, 2.05) is 0 Å². The first-order valence-corrected chi connectivity index (χ1v) is 16.4. The molecule has 10 rings (SSSR count). The third-order valence-electron chi connectivity index (χ3n) is 13.4. The van der Waals surface area contributed by atoms with Crippen molar-refractivity contribution in [1.82, 2.24) is 4.90 Å². The molecule has 1 N–H and O–H groups in total. The van der Waals surface area contributed by atoms with Crippen LogP contribution in [0.15, 0.2) is 24.3 Å². The van der Waals surface area contributed by atoms with Gasteiger partial charge < -0.3 is 19.3 Å². The number of Topliss-reactive ketones (excluding diaryl/α,β-unsaturated/α-hetero) is 2. The molecule has 2 aromatic rings. The summed E-state index contributed by atoms with van der Waals surface area (Å²) >= 11 is 0. The highest BCUT2D eigenvalue weighted by molar-refractivity contribution is 7.59. The highest BCUT2D eigenvalue weighted by atomic mass is 32.1. The molecule has 4 aliphatic heterocycles. The minimum atomic E-state index is -0.206. The smallest absolute Gasteiger partial charge is 0.174 e. The van der Waals surface area contributed by atoms with Gasteiger partial charge in [-0.25, -0.2) is 0 Å². The topological polar surface area (TPSA) is 60.3 Å². The number of ketones is 2. The summed E-state index contributed by atoms with van der Waals surface area (Å²) in [7, 11) is 4.58. The Hall–Kier alpha value is -2.00. The van der Waals surface area contributed by atoms with Crippen molar-refractivity contribution in [1.29, 1.82) is 0 Å². The lowest BCUT2D eigenvalue weighted by molar-refractivity contribution is -0.919. The molecule has 2 spiro atoms. The second kappa shape index (κ2) is 15.5. The van der Waals surface area contributed by atoms with Crippen LogP contribution in [0.4, 0.5) is 0 Å². The number of likely N-dealkylation sites (tertiary alicyclic amines) is 2. The molecule has 8 aliphatic rings. The maximum absolute atomic E-state index is 12.6. The number of piperidine rings is 2. The number of nitrogens with zero attached hydrogens (tertiary/aromatic N) is 1. The van der Waals surface area contributed by atoms with E-state index in [1.165, 1.54) is 39.9 Å². The third-order valence-corrected chi connectivity index (χ3v) is 13.4. The van der Waals surface area contributed by atoms with Crippen LogP contribution in [0.2, 0.25) is 0 Å². The number of aryl methyl sites for hydroxylation is 2. The van der Waals surface area contributed by atoms with Crippen molar-refractivity contribution < 1.29 is 24.0 Å². The first-order chi connectivity index (χ1) is 20.3. The van der Waals surface area contributed by atoms with Gasteiger partial charge in [-0.3, -0.25) is 9.59 Å². The van der Waals surface area contributed by atoms with Crippen LogP contribution >= 0.6 is 27.0 Å². The van der Waals surface area contributed by atoms with E-state index in [-0.39, 0.29) is 94.6 Å². The number of carbonyl (C=O) groups is 2. The molecule has 9 atom stereocenters. The van der Waals surface area contributed by atoms with Gasteiger partial charge >= 0.3 is 0 Å². The quantitative estimate of drug-likeness (QED) is 0.314. The van der Waals surface area contributed by atoms with Crippen molar-refractivity contribution >= 4 is 38.6 Å². The van der Waals surface area contributed by atoms with E-state index < -0.39 is 0 Å². The van der Waals surface area contributed by atoms with Gasteiger partial charge in [0.05, 0.1) is 25.0 Å². The Kier molecular flexibility index (Phi) is 14.3. The van der Waals surface area contributed by atoms with Crippen LogP contribution in [-0.4, -0.2) is 67.9 Å². The summed E-state index contributed by atoms with van der Waals surface area (Å²) in [6.45, 7) is 6.49. The van der Waals surface area contributed by atoms with Gasteiger partial charge in [0.25, 0.3) is 0 Å². The summed E-state index contributed by atoms with van der Waals surface area (Å²) in [6.07, 6.45) is 7.58. The molecular formula is C42H71N2O4S2+. The molecule has 50 heavy (non-hydrogen) atoms. The molecule has 1 unspecified atom stereocenters. The lowest BCUT2D eigenvalue weighted by Crippen LogP contribution is -3.16. The maximum atomic E-state index is 12.6. The Morgan fingerprint density at radius 3 is 1.74 bits per heavy atom. The summed E-state index contributed by atoms with van der Waals surface area (Å²) in [5.74, 6) is 3.99. The van der Waals surface area contributed by atoms with Crippen LogP contribution in [0.25, 0.3) is 0 Å². The zero-order chi connectivity index (χ0) is 28.7. The van der Waals surface area contributed by atoms with Crippen molar-refractivity contribution in [3.63, 3.8) is 0 Å². The number of quaternary nitrogens is 1. The van der Waals surface area contributed by atoms with Gasteiger partial charge in [0, 0.05) is 54.2 Å². The summed E-state index contributed by atoms with van der Waals surface area (Å²) in [5, 5.41) is 0. The molecule has 4 fully saturated rings. The van der Waals surface area contributed by atoms with E-state index >= 15 is 0 Å². The number of hydrogen-bond donors (Lipinski definition) is 1. The van der Waals surface area contributed by atoms with Crippen LogP contribution in [0.3, 0.4) is 0 Å².